The fourth-order valence-electron chi connectivity index (χ4n) is 1.77. The Labute approximate surface area is 108 Å². The summed E-state index contributed by atoms with van der Waals surface area (Å²) in [6, 6.07) is 7.18. The number of aryl methyl sites for hydroxylation is 1. The van der Waals surface area contributed by atoms with E-state index in [-0.39, 0.29) is 5.92 Å². The van der Waals surface area contributed by atoms with E-state index in [0.717, 1.165) is 11.1 Å². The molecule has 0 aliphatic heterocycles. The van der Waals surface area contributed by atoms with E-state index >= 15 is 0 Å². The van der Waals surface area contributed by atoms with Gasteiger partial charge < -0.3 is 10.5 Å². The highest BCUT2D eigenvalue weighted by Gasteiger charge is 2.23. The monoisotopic (exact) mass is 245 g/mol. The number of carbonyl (C=O) groups excluding carboxylic acids is 1. The molecule has 3 nitrogen and oxygen atoms in total. The molecule has 18 heavy (non-hydrogen) atoms. The summed E-state index contributed by atoms with van der Waals surface area (Å²) in [6.07, 6.45) is 5.16. The number of nitrogens with two attached hydrogens (primary N) is 1. The molecule has 0 spiro atoms. The zero-order valence-corrected chi connectivity index (χ0v) is 11.0. The number of terminal acetylenes is 1. The van der Waals surface area contributed by atoms with Crippen LogP contribution in [0.1, 0.15) is 30.9 Å². The van der Waals surface area contributed by atoms with Gasteiger partial charge in [-0.3, -0.25) is 4.79 Å². The van der Waals surface area contributed by atoms with E-state index in [9.17, 15) is 4.79 Å². The fraction of sp³-hybridized carbons (Fsp3) is 0.400. The van der Waals surface area contributed by atoms with Gasteiger partial charge in [0.2, 0.25) is 0 Å². The Balaban J connectivity index is 2.88. The number of rotatable bonds is 4. The molecule has 1 aromatic rings. The van der Waals surface area contributed by atoms with Gasteiger partial charge in [-0.2, -0.15) is 0 Å². The van der Waals surface area contributed by atoms with Crippen molar-refractivity contribution in [2.45, 2.75) is 38.8 Å². The Morgan fingerprint density at radius 1 is 1.39 bits per heavy atom. The third kappa shape index (κ3) is 3.35. The molecule has 0 saturated carbocycles. The maximum absolute atomic E-state index is 11.5. The van der Waals surface area contributed by atoms with Crippen molar-refractivity contribution < 1.29 is 9.53 Å². The van der Waals surface area contributed by atoms with Crippen LogP contribution < -0.4 is 5.73 Å². The van der Waals surface area contributed by atoms with Gasteiger partial charge >= 0.3 is 5.97 Å². The standard InChI is InChI=1S/C15H19NO2/c1-5-13(12(4)18-15(17)11(3)16)14-9-7-6-8-10(14)2/h1,6-9,11-13H,16H2,2-4H3/t11-,12+,13+/m0/s1. The highest BCUT2D eigenvalue weighted by atomic mass is 16.5. The molecule has 2 N–H and O–H groups in total. The van der Waals surface area contributed by atoms with E-state index in [4.69, 9.17) is 16.9 Å². The van der Waals surface area contributed by atoms with Crippen molar-refractivity contribution in [1.29, 1.82) is 0 Å². The molecule has 3 atom stereocenters. The summed E-state index contributed by atoms with van der Waals surface area (Å²) in [7, 11) is 0. The fourth-order valence-corrected chi connectivity index (χ4v) is 1.77. The number of hydrogen-bond acceptors (Lipinski definition) is 3. The zero-order chi connectivity index (χ0) is 13.7. The molecular formula is C15H19NO2. The average Bonchev–Trinajstić information content (AvgIpc) is 2.32. The molecule has 3 heteroatoms. The average molecular weight is 245 g/mol. The van der Waals surface area contributed by atoms with E-state index in [1.54, 1.807) is 13.8 Å². The maximum atomic E-state index is 11.5. The SMILES string of the molecule is C#C[C@@H](c1ccccc1C)[C@@H](C)OC(=O)[C@H](C)N. The van der Waals surface area contributed by atoms with Crippen LogP contribution in [-0.2, 0) is 9.53 Å². The van der Waals surface area contributed by atoms with Gasteiger partial charge in [0.05, 0.1) is 5.92 Å². The topological polar surface area (TPSA) is 52.3 Å². The molecule has 0 fully saturated rings. The first-order valence-electron chi connectivity index (χ1n) is 5.95. The van der Waals surface area contributed by atoms with Crippen LogP contribution in [-0.4, -0.2) is 18.1 Å². The molecule has 0 radical (unpaired) electrons. The predicted octanol–water partition coefficient (Wildman–Crippen LogP) is 1.99. The lowest BCUT2D eigenvalue weighted by atomic mass is 9.91. The van der Waals surface area contributed by atoms with E-state index in [1.165, 1.54) is 0 Å². The summed E-state index contributed by atoms with van der Waals surface area (Å²) < 4.78 is 5.27. The van der Waals surface area contributed by atoms with Gasteiger partial charge in [0, 0.05) is 0 Å². The summed E-state index contributed by atoms with van der Waals surface area (Å²) >= 11 is 0. The minimum atomic E-state index is -0.636. The first-order valence-corrected chi connectivity index (χ1v) is 5.95. The smallest absolute Gasteiger partial charge is 0.322 e. The highest BCUT2D eigenvalue weighted by Crippen LogP contribution is 2.24. The minimum absolute atomic E-state index is 0.256. The molecular weight excluding hydrogens is 226 g/mol. The van der Waals surface area contributed by atoms with Crippen molar-refractivity contribution >= 4 is 5.97 Å². The Kier molecular flexibility index (Phi) is 4.94. The molecule has 0 heterocycles. The minimum Gasteiger partial charge on any atom is -0.460 e. The van der Waals surface area contributed by atoms with Crippen LogP contribution in [0.5, 0.6) is 0 Å². The molecule has 0 bridgehead atoms. The second-order valence-corrected chi connectivity index (χ2v) is 4.43. The van der Waals surface area contributed by atoms with Crippen molar-refractivity contribution in [3.63, 3.8) is 0 Å². The summed E-state index contributed by atoms with van der Waals surface area (Å²) in [5.41, 5.74) is 7.56. The number of carbonyl (C=O) groups is 1. The van der Waals surface area contributed by atoms with Gasteiger partial charge in [-0.05, 0) is 31.9 Å². The molecule has 0 aliphatic carbocycles. The predicted molar refractivity (Wildman–Crippen MR) is 72.0 cm³/mol. The zero-order valence-electron chi connectivity index (χ0n) is 11.0. The summed E-state index contributed by atoms with van der Waals surface area (Å²) in [5.74, 6) is 2.00. The molecule has 1 aromatic carbocycles. The van der Waals surface area contributed by atoms with Crippen LogP contribution in [0.2, 0.25) is 0 Å². The van der Waals surface area contributed by atoms with E-state index in [1.807, 2.05) is 31.2 Å². The van der Waals surface area contributed by atoms with Crippen molar-refractivity contribution in [2.75, 3.05) is 0 Å². The lowest BCUT2D eigenvalue weighted by molar-refractivity contribution is -0.149. The molecule has 0 unspecified atom stereocenters. The Morgan fingerprint density at radius 2 is 2.00 bits per heavy atom. The lowest BCUT2D eigenvalue weighted by Crippen LogP contribution is -2.33. The summed E-state index contributed by atoms with van der Waals surface area (Å²) in [4.78, 5) is 11.5. The molecule has 1 rings (SSSR count). The van der Waals surface area contributed by atoms with E-state index in [0.29, 0.717) is 0 Å². The van der Waals surface area contributed by atoms with Gasteiger partial charge in [-0.25, -0.2) is 0 Å². The quantitative estimate of drug-likeness (QED) is 0.652. The van der Waals surface area contributed by atoms with Gasteiger partial charge in [0.15, 0.2) is 0 Å². The second-order valence-electron chi connectivity index (χ2n) is 4.43. The molecule has 0 saturated heterocycles. The Morgan fingerprint density at radius 3 is 2.50 bits per heavy atom. The Bertz CT molecular complexity index is 460. The van der Waals surface area contributed by atoms with Gasteiger partial charge in [0.1, 0.15) is 12.1 Å². The molecule has 0 aliphatic rings. The number of esters is 1. The molecule has 96 valence electrons. The van der Waals surface area contributed by atoms with Crippen LogP contribution in [0.15, 0.2) is 24.3 Å². The van der Waals surface area contributed by atoms with Crippen molar-refractivity contribution in [3.05, 3.63) is 35.4 Å². The summed E-state index contributed by atoms with van der Waals surface area (Å²) in [5, 5.41) is 0. The first kappa shape index (κ1) is 14.3. The third-order valence-electron chi connectivity index (χ3n) is 2.85. The number of benzene rings is 1. The van der Waals surface area contributed by atoms with Crippen LogP contribution >= 0.6 is 0 Å². The van der Waals surface area contributed by atoms with Crippen LogP contribution in [0, 0.1) is 19.3 Å². The highest BCUT2D eigenvalue weighted by molar-refractivity contribution is 5.75. The Hall–Kier alpha value is -1.79. The van der Waals surface area contributed by atoms with Crippen LogP contribution in [0.4, 0.5) is 0 Å². The summed E-state index contributed by atoms with van der Waals surface area (Å²) in [6.45, 7) is 5.37. The number of hydrogen-bond donors (Lipinski definition) is 1. The van der Waals surface area contributed by atoms with Gasteiger partial charge in [-0.15, -0.1) is 6.42 Å². The third-order valence-corrected chi connectivity index (χ3v) is 2.85. The van der Waals surface area contributed by atoms with Crippen LogP contribution in [0.25, 0.3) is 0 Å². The first-order chi connectivity index (χ1) is 8.47. The maximum Gasteiger partial charge on any atom is 0.322 e. The van der Waals surface area contributed by atoms with Crippen molar-refractivity contribution in [2.24, 2.45) is 5.73 Å². The second kappa shape index (κ2) is 6.23. The van der Waals surface area contributed by atoms with E-state index in [2.05, 4.69) is 5.92 Å². The lowest BCUT2D eigenvalue weighted by Gasteiger charge is -2.22. The largest absolute Gasteiger partial charge is 0.460 e. The van der Waals surface area contributed by atoms with E-state index < -0.39 is 18.1 Å². The van der Waals surface area contributed by atoms with Crippen molar-refractivity contribution in [1.82, 2.24) is 0 Å². The normalized spacial score (nSPS) is 15.3. The molecule has 0 aromatic heterocycles. The number of ether oxygens (including phenoxy) is 1. The van der Waals surface area contributed by atoms with Crippen LogP contribution in [0.3, 0.4) is 0 Å². The van der Waals surface area contributed by atoms with Gasteiger partial charge in [-0.1, -0.05) is 30.2 Å². The van der Waals surface area contributed by atoms with Crippen molar-refractivity contribution in [3.8, 4) is 12.3 Å². The molecule has 0 amide bonds. The van der Waals surface area contributed by atoms with Gasteiger partial charge in [0.25, 0.3) is 0 Å².